The number of hydrogen-bond donors (Lipinski definition) is 3. The lowest BCUT2D eigenvalue weighted by Gasteiger charge is -2.37. The Bertz CT molecular complexity index is 1190. The van der Waals surface area contributed by atoms with Gasteiger partial charge in [0, 0.05) is 6.42 Å². The molecule has 1 aromatic carbocycles. The number of nitrogens with zero attached hydrogens (tertiary/aromatic N) is 3. The van der Waals surface area contributed by atoms with Gasteiger partial charge in [-0.05, 0) is 30.7 Å². The molecule has 1 fully saturated rings. The summed E-state index contributed by atoms with van der Waals surface area (Å²) in [5.41, 5.74) is -1.24. The Morgan fingerprint density at radius 3 is 2.59 bits per heavy atom. The maximum atomic E-state index is 14.3. The standard InChI is InChI=1S/C23H21F3N4O4/c1-2-17-22(32)16(31)8-18(34-17)21-15(9-27-10-28-21)30-23(33)14-7-6-13(26)20(29-14)19-11(24)4-3-5-12(19)25/h3-7,9-10,16-18,22,31-32H,2,8H2,1H3,(H,30,33). The summed E-state index contributed by atoms with van der Waals surface area (Å²) in [6, 6.07) is 5.00. The molecule has 34 heavy (non-hydrogen) atoms. The first-order chi connectivity index (χ1) is 16.3. The van der Waals surface area contributed by atoms with Crippen molar-refractivity contribution in [1.82, 2.24) is 15.0 Å². The summed E-state index contributed by atoms with van der Waals surface area (Å²) in [5, 5.41) is 22.8. The van der Waals surface area contributed by atoms with Crippen LogP contribution >= 0.6 is 0 Å². The van der Waals surface area contributed by atoms with E-state index >= 15 is 0 Å². The van der Waals surface area contributed by atoms with E-state index < -0.39 is 59.0 Å². The van der Waals surface area contributed by atoms with Crippen molar-refractivity contribution in [3.63, 3.8) is 0 Å². The van der Waals surface area contributed by atoms with Crippen molar-refractivity contribution in [3.8, 4) is 11.3 Å². The lowest BCUT2D eigenvalue weighted by atomic mass is 9.94. The van der Waals surface area contributed by atoms with E-state index in [1.54, 1.807) is 6.92 Å². The predicted octanol–water partition coefficient (Wildman–Crippen LogP) is 3.17. The Morgan fingerprint density at radius 1 is 1.15 bits per heavy atom. The minimum Gasteiger partial charge on any atom is -0.390 e. The topological polar surface area (TPSA) is 117 Å². The summed E-state index contributed by atoms with van der Waals surface area (Å²) in [4.78, 5) is 24.8. The highest BCUT2D eigenvalue weighted by atomic mass is 19.1. The van der Waals surface area contributed by atoms with Crippen LogP contribution in [-0.2, 0) is 4.74 Å². The SMILES string of the molecule is CCC1OC(c2ncncc2NC(=O)c2ccc(F)c(-c3c(F)cccc3F)n2)CC(O)C1O. The molecular weight excluding hydrogens is 453 g/mol. The summed E-state index contributed by atoms with van der Waals surface area (Å²) in [7, 11) is 0. The van der Waals surface area contributed by atoms with Crippen molar-refractivity contribution in [2.45, 2.75) is 44.2 Å². The highest BCUT2D eigenvalue weighted by molar-refractivity contribution is 6.03. The van der Waals surface area contributed by atoms with Crippen LogP contribution in [0.4, 0.5) is 18.9 Å². The van der Waals surface area contributed by atoms with Crippen molar-refractivity contribution in [3.05, 3.63) is 71.7 Å². The molecule has 3 N–H and O–H groups in total. The zero-order valence-corrected chi connectivity index (χ0v) is 18.0. The Balaban J connectivity index is 1.63. The third-order valence-corrected chi connectivity index (χ3v) is 5.55. The van der Waals surface area contributed by atoms with Gasteiger partial charge in [0.25, 0.3) is 5.91 Å². The molecule has 1 amide bonds. The van der Waals surface area contributed by atoms with Crippen LogP contribution in [0.2, 0.25) is 0 Å². The van der Waals surface area contributed by atoms with Crippen LogP contribution in [0.1, 0.15) is 42.1 Å². The smallest absolute Gasteiger partial charge is 0.274 e. The lowest BCUT2D eigenvalue weighted by Crippen LogP contribution is -2.45. The van der Waals surface area contributed by atoms with Crippen molar-refractivity contribution in [2.24, 2.45) is 0 Å². The van der Waals surface area contributed by atoms with Gasteiger partial charge in [-0.15, -0.1) is 0 Å². The number of anilines is 1. The van der Waals surface area contributed by atoms with Crippen LogP contribution in [0.5, 0.6) is 0 Å². The number of ether oxygens (including phenoxy) is 1. The Labute approximate surface area is 192 Å². The quantitative estimate of drug-likeness (QED) is 0.520. The van der Waals surface area contributed by atoms with E-state index in [1.165, 1.54) is 12.5 Å². The van der Waals surface area contributed by atoms with Crippen LogP contribution in [0, 0.1) is 17.5 Å². The van der Waals surface area contributed by atoms with Gasteiger partial charge in [0.1, 0.15) is 47.4 Å². The van der Waals surface area contributed by atoms with Gasteiger partial charge in [-0.25, -0.2) is 28.1 Å². The second kappa shape index (κ2) is 9.84. The average molecular weight is 474 g/mol. The third kappa shape index (κ3) is 4.63. The number of carbonyl (C=O) groups excluding carboxylic acids is 1. The normalized spacial score (nSPS) is 22.4. The minimum absolute atomic E-state index is 0.0308. The molecule has 8 nitrogen and oxygen atoms in total. The number of carbonyl (C=O) groups is 1. The summed E-state index contributed by atoms with van der Waals surface area (Å²) in [6.07, 6.45) is -0.472. The second-order valence-electron chi connectivity index (χ2n) is 7.76. The number of amides is 1. The van der Waals surface area contributed by atoms with Crippen molar-refractivity contribution in [1.29, 1.82) is 0 Å². The van der Waals surface area contributed by atoms with Gasteiger partial charge in [-0.3, -0.25) is 4.79 Å². The van der Waals surface area contributed by atoms with Crippen molar-refractivity contribution in [2.75, 3.05) is 5.32 Å². The fraction of sp³-hybridized carbons (Fsp3) is 0.304. The molecule has 0 radical (unpaired) electrons. The Kier molecular flexibility index (Phi) is 6.87. The zero-order valence-electron chi connectivity index (χ0n) is 18.0. The highest BCUT2D eigenvalue weighted by Crippen LogP contribution is 2.35. The van der Waals surface area contributed by atoms with Gasteiger partial charge in [0.05, 0.1) is 35.3 Å². The number of halogens is 3. The third-order valence-electron chi connectivity index (χ3n) is 5.55. The van der Waals surface area contributed by atoms with E-state index in [0.717, 1.165) is 30.3 Å². The number of pyridine rings is 1. The molecule has 0 saturated carbocycles. The van der Waals surface area contributed by atoms with Gasteiger partial charge in [-0.1, -0.05) is 13.0 Å². The molecule has 3 heterocycles. The Morgan fingerprint density at radius 2 is 1.88 bits per heavy atom. The molecule has 1 aliphatic heterocycles. The molecule has 4 atom stereocenters. The summed E-state index contributed by atoms with van der Waals surface area (Å²) in [5.74, 6) is -3.86. The van der Waals surface area contributed by atoms with Gasteiger partial charge in [0.2, 0.25) is 0 Å². The van der Waals surface area contributed by atoms with E-state index in [0.29, 0.717) is 6.42 Å². The molecule has 4 rings (SSSR count). The number of hydrogen-bond acceptors (Lipinski definition) is 7. The molecule has 3 aromatic rings. The first-order valence-electron chi connectivity index (χ1n) is 10.5. The van der Waals surface area contributed by atoms with E-state index in [1.807, 2.05) is 0 Å². The number of aliphatic hydroxyl groups is 2. The maximum absolute atomic E-state index is 14.3. The second-order valence-corrected chi connectivity index (χ2v) is 7.76. The number of aromatic nitrogens is 3. The fourth-order valence-electron chi connectivity index (χ4n) is 3.81. The molecule has 4 unspecified atom stereocenters. The number of benzene rings is 1. The Hall–Kier alpha value is -3.41. The molecule has 0 aliphatic carbocycles. The van der Waals surface area contributed by atoms with Crippen LogP contribution in [-0.4, -0.2) is 49.4 Å². The van der Waals surface area contributed by atoms with E-state index in [9.17, 15) is 28.2 Å². The first-order valence-corrected chi connectivity index (χ1v) is 10.5. The first kappa shape index (κ1) is 23.7. The predicted molar refractivity (Wildman–Crippen MR) is 114 cm³/mol. The van der Waals surface area contributed by atoms with Gasteiger partial charge >= 0.3 is 0 Å². The average Bonchev–Trinajstić information content (AvgIpc) is 2.82. The molecule has 2 aromatic heterocycles. The highest BCUT2D eigenvalue weighted by Gasteiger charge is 2.38. The molecular formula is C23H21F3N4O4. The van der Waals surface area contributed by atoms with Crippen LogP contribution in [0.15, 0.2) is 42.9 Å². The largest absolute Gasteiger partial charge is 0.390 e. The number of nitrogens with one attached hydrogen (secondary N) is 1. The molecule has 1 aliphatic rings. The van der Waals surface area contributed by atoms with Crippen molar-refractivity contribution >= 4 is 11.6 Å². The van der Waals surface area contributed by atoms with Gasteiger partial charge in [0.15, 0.2) is 0 Å². The van der Waals surface area contributed by atoms with Crippen LogP contribution < -0.4 is 5.32 Å². The lowest BCUT2D eigenvalue weighted by molar-refractivity contribution is -0.171. The molecule has 0 bridgehead atoms. The number of aliphatic hydroxyl groups excluding tert-OH is 2. The summed E-state index contributed by atoms with van der Waals surface area (Å²) < 4.78 is 48.5. The molecule has 0 spiro atoms. The van der Waals surface area contributed by atoms with E-state index in [2.05, 4.69) is 20.3 Å². The van der Waals surface area contributed by atoms with Gasteiger partial charge < -0.3 is 20.3 Å². The van der Waals surface area contributed by atoms with Crippen LogP contribution in [0.25, 0.3) is 11.3 Å². The molecule has 1 saturated heterocycles. The minimum atomic E-state index is -1.06. The van der Waals surface area contributed by atoms with Crippen LogP contribution in [0.3, 0.4) is 0 Å². The number of rotatable bonds is 5. The molecule has 178 valence electrons. The maximum Gasteiger partial charge on any atom is 0.274 e. The molecule has 11 heteroatoms. The van der Waals surface area contributed by atoms with Crippen molar-refractivity contribution < 1.29 is 32.9 Å². The van der Waals surface area contributed by atoms with Gasteiger partial charge in [-0.2, -0.15) is 0 Å². The van der Waals surface area contributed by atoms with E-state index in [-0.39, 0.29) is 23.5 Å². The fourth-order valence-corrected chi connectivity index (χ4v) is 3.81. The van der Waals surface area contributed by atoms with E-state index in [4.69, 9.17) is 4.74 Å². The monoisotopic (exact) mass is 474 g/mol. The summed E-state index contributed by atoms with van der Waals surface area (Å²) in [6.45, 7) is 1.79. The summed E-state index contributed by atoms with van der Waals surface area (Å²) >= 11 is 0. The zero-order chi connectivity index (χ0) is 24.4.